The number of hydrogen-bond donors (Lipinski definition) is 3. The first kappa shape index (κ1) is 14.3. The quantitative estimate of drug-likeness (QED) is 0.813. The summed E-state index contributed by atoms with van der Waals surface area (Å²) in [6, 6.07) is 6.00. The van der Waals surface area contributed by atoms with Gasteiger partial charge in [-0.25, -0.2) is 0 Å². The van der Waals surface area contributed by atoms with Crippen LogP contribution in [0.1, 0.15) is 18.4 Å². The molecule has 5 heteroatoms. The summed E-state index contributed by atoms with van der Waals surface area (Å²) in [5, 5.41) is 21.2. The first-order valence-electron chi connectivity index (χ1n) is 6.96. The zero-order valence-corrected chi connectivity index (χ0v) is 12.9. The number of fused-ring (bicyclic) bond motifs is 1. The summed E-state index contributed by atoms with van der Waals surface area (Å²) in [4.78, 5) is 0. The van der Waals surface area contributed by atoms with Crippen molar-refractivity contribution in [3.05, 3.63) is 34.2 Å². The Morgan fingerprint density at radius 3 is 3.15 bits per heavy atom. The molecule has 3 rings (SSSR count). The molecule has 1 atom stereocenters. The molecule has 1 fully saturated rings. The van der Waals surface area contributed by atoms with Gasteiger partial charge in [0.05, 0.1) is 5.60 Å². The largest absolute Gasteiger partial charge is 0.387 e. The molecule has 1 unspecified atom stereocenters. The summed E-state index contributed by atoms with van der Waals surface area (Å²) in [5.74, 6) is 0. The van der Waals surface area contributed by atoms with E-state index in [4.69, 9.17) is 11.6 Å². The Bertz CT molecular complexity index is 593. The third-order valence-electron chi connectivity index (χ3n) is 3.83. The standard InChI is InChI=1S/C15H19ClN2OS/c16-12-2-3-14-13(6-12)11(8-20-14)7-18-10-15(19)4-1-5-17-9-15/h2-3,6,8,17-19H,1,4-5,7,9-10H2. The predicted molar refractivity (Wildman–Crippen MR) is 85.6 cm³/mol. The summed E-state index contributed by atoms with van der Waals surface area (Å²) >= 11 is 7.80. The maximum atomic E-state index is 10.4. The van der Waals surface area contributed by atoms with Crippen LogP contribution in [0.25, 0.3) is 10.1 Å². The number of halogens is 1. The molecule has 0 spiro atoms. The van der Waals surface area contributed by atoms with E-state index in [1.165, 1.54) is 15.6 Å². The normalized spacial score (nSPS) is 23.3. The molecule has 1 aliphatic heterocycles. The van der Waals surface area contributed by atoms with Crippen molar-refractivity contribution in [2.24, 2.45) is 0 Å². The van der Waals surface area contributed by atoms with Crippen LogP contribution in [-0.2, 0) is 6.54 Å². The lowest BCUT2D eigenvalue weighted by atomic mass is 9.94. The van der Waals surface area contributed by atoms with Gasteiger partial charge in [-0.3, -0.25) is 0 Å². The van der Waals surface area contributed by atoms with E-state index in [9.17, 15) is 5.11 Å². The van der Waals surface area contributed by atoms with Gasteiger partial charge in [0, 0.05) is 29.4 Å². The van der Waals surface area contributed by atoms with Gasteiger partial charge >= 0.3 is 0 Å². The maximum absolute atomic E-state index is 10.4. The molecule has 0 aliphatic carbocycles. The topological polar surface area (TPSA) is 44.3 Å². The lowest BCUT2D eigenvalue weighted by Gasteiger charge is -2.32. The van der Waals surface area contributed by atoms with Crippen LogP contribution in [-0.4, -0.2) is 30.3 Å². The number of benzene rings is 1. The van der Waals surface area contributed by atoms with Gasteiger partial charge in [-0.05, 0) is 53.9 Å². The number of β-amino-alcohol motifs (C(OH)–C–C–N with tert-alkyl or cyclic N) is 1. The van der Waals surface area contributed by atoms with Gasteiger partial charge in [-0.2, -0.15) is 0 Å². The van der Waals surface area contributed by atoms with Gasteiger partial charge in [0.15, 0.2) is 0 Å². The molecular formula is C15H19ClN2OS. The van der Waals surface area contributed by atoms with Crippen molar-refractivity contribution in [2.45, 2.75) is 25.0 Å². The predicted octanol–water partition coefficient (Wildman–Crippen LogP) is 2.76. The van der Waals surface area contributed by atoms with Crippen LogP contribution in [0.3, 0.4) is 0 Å². The summed E-state index contributed by atoms with van der Waals surface area (Å²) in [7, 11) is 0. The Kier molecular flexibility index (Phi) is 4.29. The summed E-state index contributed by atoms with van der Waals surface area (Å²) in [6.45, 7) is 3.08. The molecule has 1 saturated heterocycles. The fourth-order valence-electron chi connectivity index (χ4n) is 2.72. The molecule has 0 saturated carbocycles. The molecule has 20 heavy (non-hydrogen) atoms. The molecule has 1 aromatic heterocycles. The molecule has 0 bridgehead atoms. The summed E-state index contributed by atoms with van der Waals surface area (Å²) in [5.41, 5.74) is 0.640. The molecular weight excluding hydrogens is 292 g/mol. The first-order chi connectivity index (χ1) is 9.66. The fourth-order valence-corrected chi connectivity index (χ4v) is 3.84. The van der Waals surface area contributed by atoms with Gasteiger partial charge in [0.1, 0.15) is 0 Å². The van der Waals surface area contributed by atoms with Crippen molar-refractivity contribution >= 4 is 33.0 Å². The maximum Gasteiger partial charge on any atom is 0.0895 e. The van der Waals surface area contributed by atoms with Crippen LogP contribution in [0.2, 0.25) is 5.02 Å². The minimum atomic E-state index is -0.609. The Labute approximate surface area is 127 Å². The first-order valence-corrected chi connectivity index (χ1v) is 8.22. The minimum absolute atomic E-state index is 0.609. The Morgan fingerprint density at radius 1 is 1.45 bits per heavy atom. The van der Waals surface area contributed by atoms with Crippen LogP contribution < -0.4 is 10.6 Å². The van der Waals surface area contributed by atoms with Crippen LogP contribution in [0.5, 0.6) is 0 Å². The highest BCUT2D eigenvalue weighted by Gasteiger charge is 2.28. The molecule has 2 heterocycles. The Balaban J connectivity index is 1.63. The van der Waals surface area contributed by atoms with Crippen LogP contribution in [0, 0.1) is 0 Å². The lowest BCUT2D eigenvalue weighted by molar-refractivity contribution is 0.0169. The third kappa shape index (κ3) is 3.15. The molecule has 3 N–H and O–H groups in total. The van der Waals surface area contributed by atoms with E-state index in [1.807, 2.05) is 12.1 Å². The number of piperidine rings is 1. The van der Waals surface area contributed by atoms with Crippen LogP contribution in [0.15, 0.2) is 23.6 Å². The van der Waals surface area contributed by atoms with Gasteiger partial charge < -0.3 is 15.7 Å². The average molecular weight is 311 g/mol. The highest BCUT2D eigenvalue weighted by atomic mass is 35.5. The molecule has 1 aromatic carbocycles. The highest BCUT2D eigenvalue weighted by molar-refractivity contribution is 7.17. The monoisotopic (exact) mass is 310 g/mol. The second kappa shape index (κ2) is 6.00. The Morgan fingerprint density at radius 2 is 2.35 bits per heavy atom. The summed E-state index contributed by atoms with van der Waals surface area (Å²) < 4.78 is 1.25. The molecule has 2 aromatic rings. The van der Waals surface area contributed by atoms with Crippen LogP contribution in [0.4, 0.5) is 0 Å². The van der Waals surface area contributed by atoms with Crippen molar-refractivity contribution in [1.82, 2.24) is 10.6 Å². The number of nitrogens with one attached hydrogen (secondary N) is 2. The van der Waals surface area contributed by atoms with E-state index in [-0.39, 0.29) is 0 Å². The van der Waals surface area contributed by atoms with Crippen molar-refractivity contribution in [3.63, 3.8) is 0 Å². The fraction of sp³-hybridized carbons (Fsp3) is 0.467. The smallest absolute Gasteiger partial charge is 0.0895 e. The second-order valence-corrected chi connectivity index (χ2v) is 6.86. The van der Waals surface area contributed by atoms with Gasteiger partial charge in [-0.15, -0.1) is 11.3 Å². The SMILES string of the molecule is OC1(CNCc2csc3ccc(Cl)cc23)CCCNC1. The van der Waals surface area contributed by atoms with Crippen molar-refractivity contribution < 1.29 is 5.11 Å². The van der Waals surface area contributed by atoms with E-state index in [2.05, 4.69) is 22.1 Å². The zero-order chi connectivity index (χ0) is 14.0. The molecule has 1 aliphatic rings. The van der Waals surface area contributed by atoms with E-state index < -0.39 is 5.60 Å². The van der Waals surface area contributed by atoms with E-state index >= 15 is 0 Å². The molecule has 108 valence electrons. The second-order valence-electron chi connectivity index (χ2n) is 5.51. The lowest BCUT2D eigenvalue weighted by Crippen LogP contribution is -2.51. The average Bonchev–Trinajstić information content (AvgIpc) is 2.82. The van der Waals surface area contributed by atoms with Gasteiger partial charge in [-0.1, -0.05) is 11.6 Å². The number of aliphatic hydroxyl groups is 1. The van der Waals surface area contributed by atoms with E-state index in [0.717, 1.165) is 31.0 Å². The zero-order valence-electron chi connectivity index (χ0n) is 11.3. The molecule has 3 nitrogen and oxygen atoms in total. The van der Waals surface area contributed by atoms with Crippen molar-refractivity contribution in [3.8, 4) is 0 Å². The molecule has 0 radical (unpaired) electrons. The Hall–Kier alpha value is -0.650. The van der Waals surface area contributed by atoms with Gasteiger partial charge in [0.25, 0.3) is 0 Å². The van der Waals surface area contributed by atoms with Crippen molar-refractivity contribution in [1.29, 1.82) is 0 Å². The minimum Gasteiger partial charge on any atom is -0.387 e. The number of rotatable bonds is 4. The highest BCUT2D eigenvalue weighted by Crippen LogP contribution is 2.28. The summed E-state index contributed by atoms with van der Waals surface area (Å²) in [6.07, 6.45) is 1.90. The van der Waals surface area contributed by atoms with Crippen LogP contribution >= 0.6 is 22.9 Å². The molecule has 0 amide bonds. The number of hydrogen-bond acceptors (Lipinski definition) is 4. The van der Waals surface area contributed by atoms with Gasteiger partial charge in [0.2, 0.25) is 0 Å². The third-order valence-corrected chi connectivity index (χ3v) is 5.08. The van der Waals surface area contributed by atoms with Crippen molar-refractivity contribution in [2.75, 3.05) is 19.6 Å². The van der Waals surface area contributed by atoms with E-state index in [0.29, 0.717) is 13.1 Å². The van der Waals surface area contributed by atoms with E-state index in [1.54, 1.807) is 11.3 Å². The number of thiophene rings is 1.